The lowest BCUT2D eigenvalue weighted by Gasteiger charge is -2.13. The zero-order chi connectivity index (χ0) is 22.1. The molecule has 0 spiro atoms. The first kappa shape index (κ1) is 21.8. The van der Waals surface area contributed by atoms with Gasteiger partial charge in [-0.1, -0.05) is 59.6 Å². The molecule has 2 amide bonds. The number of rotatable bonds is 5. The summed E-state index contributed by atoms with van der Waals surface area (Å²) in [6.45, 7) is 4.94. The van der Waals surface area contributed by atoms with E-state index in [0.29, 0.717) is 20.5 Å². The Hall–Kier alpha value is -2.47. The van der Waals surface area contributed by atoms with E-state index in [1.165, 1.54) is 10.5 Å². The number of carbonyl (C=O) groups excluding carboxylic acids is 2. The Morgan fingerprint density at radius 1 is 0.968 bits per heavy atom. The van der Waals surface area contributed by atoms with Gasteiger partial charge in [0.2, 0.25) is 0 Å². The van der Waals surface area contributed by atoms with E-state index in [-0.39, 0.29) is 17.7 Å². The summed E-state index contributed by atoms with van der Waals surface area (Å²) in [6, 6.07) is 17.3. The number of amides is 2. The van der Waals surface area contributed by atoms with Crippen molar-refractivity contribution in [2.45, 2.75) is 26.9 Å². The van der Waals surface area contributed by atoms with Crippen LogP contribution in [0.4, 0.5) is 4.79 Å². The van der Waals surface area contributed by atoms with Gasteiger partial charge >= 0.3 is 0 Å². The predicted octanol–water partition coefficient (Wildman–Crippen LogP) is 6.70. The lowest BCUT2D eigenvalue weighted by Crippen LogP contribution is -2.27. The van der Waals surface area contributed by atoms with E-state index in [4.69, 9.17) is 23.2 Å². The summed E-state index contributed by atoms with van der Waals surface area (Å²) in [4.78, 5) is 27.1. The maximum Gasteiger partial charge on any atom is 0.293 e. The Balaban J connectivity index is 1.57. The third-order valence-electron chi connectivity index (χ3n) is 5.30. The highest BCUT2D eigenvalue weighted by Gasteiger charge is 2.35. The van der Waals surface area contributed by atoms with Crippen molar-refractivity contribution in [3.8, 4) is 0 Å². The van der Waals surface area contributed by atoms with Crippen LogP contribution in [0.3, 0.4) is 0 Å². The van der Waals surface area contributed by atoms with Gasteiger partial charge in [-0.15, -0.1) is 0 Å². The number of hydrogen-bond acceptors (Lipinski definition) is 3. The SMILES string of the molecule is Cc1cc(/C=C2\SC(=O)N(Cc3ccc(Cl)cc3Cl)C2=O)c(C)n1Cc1ccccc1. The van der Waals surface area contributed by atoms with Gasteiger partial charge in [-0.3, -0.25) is 14.5 Å². The molecule has 1 saturated heterocycles. The highest BCUT2D eigenvalue weighted by molar-refractivity contribution is 8.18. The van der Waals surface area contributed by atoms with Crippen LogP contribution in [-0.2, 0) is 17.9 Å². The van der Waals surface area contributed by atoms with Crippen molar-refractivity contribution in [1.82, 2.24) is 9.47 Å². The van der Waals surface area contributed by atoms with Crippen molar-refractivity contribution < 1.29 is 9.59 Å². The maximum absolute atomic E-state index is 12.9. The van der Waals surface area contributed by atoms with E-state index in [1.807, 2.05) is 38.1 Å². The minimum atomic E-state index is -0.311. The van der Waals surface area contributed by atoms with Crippen LogP contribution in [0.2, 0.25) is 10.0 Å². The van der Waals surface area contributed by atoms with Crippen molar-refractivity contribution in [3.63, 3.8) is 0 Å². The number of aryl methyl sites for hydroxylation is 1. The second-order valence-corrected chi connectivity index (χ2v) is 9.24. The van der Waals surface area contributed by atoms with Gasteiger partial charge in [-0.2, -0.15) is 0 Å². The molecule has 0 aliphatic carbocycles. The number of halogens is 2. The van der Waals surface area contributed by atoms with Gasteiger partial charge in [-0.25, -0.2) is 0 Å². The van der Waals surface area contributed by atoms with Gasteiger partial charge in [0.15, 0.2) is 0 Å². The fourth-order valence-corrected chi connectivity index (χ4v) is 4.88. The van der Waals surface area contributed by atoms with E-state index in [9.17, 15) is 9.59 Å². The largest absolute Gasteiger partial charge is 0.344 e. The minimum Gasteiger partial charge on any atom is -0.344 e. The molecule has 1 aliphatic rings. The van der Waals surface area contributed by atoms with E-state index in [0.717, 1.165) is 35.3 Å². The van der Waals surface area contributed by atoms with Gasteiger partial charge in [0.25, 0.3) is 11.1 Å². The molecule has 4 nitrogen and oxygen atoms in total. The molecule has 0 N–H and O–H groups in total. The van der Waals surface area contributed by atoms with Gasteiger partial charge in [0, 0.05) is 28.0 Å². The van der Waals surface area contributed by atoms with Gasteiger partial charge in [-0.05, 0) is 66.6 Å². The lowest BCUT2D eigenvalue weighted by molar-refractivity contribution is -0.123. The van der Waals surface area contributed by atoms with Crippen LogP contribution < -0.4 is 0 Å². The van der Waals surface area contributed by atoms with Crippen LogP contribution in [0.5, 0.6) is 0 Å². The molecule has 31 heavy (non-hydrogen) atoms. The van der Waals surface area contributed by atoms with Crippen LogP contribution >= 0.6 is 35.0 Å². The first-order valence-corrected chi connectivity index (χ1v) is 11.3. The lowest BCUT2D eigenvalue weighted by atomic mass is 10.2. The normalized spacial score (nSPS) is 15.4. The van der Waals surface area contributed by atoms with Crippen LogP contribution in [0.1, 0.15) is 28.1 Å². The van der Waals surface area contributed by atoms with E-state index < -0.39 is 0 Å². The number of imide groups is 1. The molecule has 7 heteroatoms. The maximum atomic E-state index is 12.9. The molecular formula is C24H20Cl2N2O2S. The molecule has 3 aromatic rings. The summed E-state index contributed by atoms with van der Waals surface area (Å²) in [6.07, 6.45) is 1.80. The van der Waals surface area contributed by atoms with E-state index in [2.05, 4.69) is 16.7 Å². The van der Waals surface area contributed by atoms with Gasteiger partial charge < -0.3 is 4.57 Å². The van der Waals surface area contributed by atoms with Crippen molar-refractivity contribution in [2.75, 3.05) is 0 Å². The summed E-state index contributed by atoms with van der Waals surface area (Å²) < 4.78 is 2.21. The van der Waals surface area contributed by atoms with Crippen LogP contribution in [0, 0.1) is 13.8 Å². The Morgan fingerprint density at radius 3 is 2.42 bits per heavy atom. The van der Waals surface area contributed by atoms with Gasteiger partial charge in [0.05, 0.1) is 11.4 Å². The Bertz CT molecular complexity index is 1200. The Labute approximate surface area is 195 Å². The van der Waals surface area contributed by atoms with Crippen LogP contribution in [-0.4, -0.2) is 20.6 Å². The Morgan fingerprint density at radius 2 is 1.71 bits per heavy atom. The number of carbonyl (C=O) groups is 2. The molecule has 2 heterocycles. The summed E-state index contributed by atoms with van der Waals surface area (Å²) in [5, 5.41) is 0.633. The molecule has 0 saturated carbocycles. The zero-order valence-corrected chi connectivity index (χ0v) is 19.4. The minimum absolute atomic E-state index is 0.116. The van der Waals surface area contributed by atoms with Crippen molar-refractivity contribution in [1.29, 1.82) is 0 Å². The Kier molecular flexibility index (Phi) is 6.28. The molecule has 0 unspecified atom stereocenters. The third kappa shape index (κ3) is 4.59. The van der Waals surface area contributed by atoms with Crippen molar-refractivity contribution >= 4 is 52.2 Å². The molecule has 2 aromatic carbocycles. The molecule has 1 fully saturated rings. The molecular weight excluding hydrogens is 451 g/mol. The van der Waals surface area contributed by atoms with E-state index in [1.54, 1.807) is 24.3 Å². The summed E-state index contributed by atoms with van der Waals surface area (Å²) in [7, 11) is 0. The highest BCUT2D eigenvalue weighted by atomic mass is 35.5. The summed E-state index contributed by atoms with van der Waals surface area (Å²) in [5.74, 6) is -0.311. The number of thioether (sulfide) groups is 1. The molecule has 0 bridgehead atoms. The monoisotopic (exact) mass is 470 g/mol. The summed E-state index contributed by atoms with van der Waals surface area (Å²) in [5.41, 5.74) is 4.96. The molecule has 0 radical (unpaired) electrons. The topological polar surface area (TPSA) is 42.3 Å². The second kappa shape index (κ2) is 8.95. The highest BCUT2D eigenvalue weighted by Crippen LogP contribution is 2.35. The molecule has 4 rings (SSSR count). The molecule has 1 aromatic heterocycles. The number of hydrogen-bond donors (Lipinski definition) is 0. The first-order chi connectivity index (χ1) is 14.8. The third-order valence-corrected chi connectivity index (χ3v) is 6.79. The molecule has 1 aliphatic heterocycles. The molecule has 0 atom stereocenters. The predicted molar refractivity (Wildman–Crippen MR) is 127 cm³/mol. The average molecular weight is 471 g/mol. The van der Waals surface area contributed by atoms with Crippen LogP contribution in [0.25, 0.3) is 6.08 Å². The van der Waals surface area contributed by atoms with Gasteiger partial charge in [0.1, 0.15) is 0 Å². The number of nitrogens with zero attached hydrogens (tertiary/aromatic N) is 2. The quantitative estimate of drug-likeness (QED) is 0.389. The van der Waals surface area contributed by atoms with Crippen molar-refractivity contribution in [3.05, 3.63) is 97.6 Å². The van der Waals surface area contributed by atoms with Crippen molar-refractivity contribution in [2.24, 2.45) is 0 Å². The van der Waals surface area contributed by atoms with Crippen LogP contribution in [0.15, 0.2) is 59.5 Å². The molecule has 158 valence electrons. The standard InChI is InChI=1S/C24H20Cl2N2O2S/c1-15-10-19(16(2)27(15)13-17-6-4-3-5-7-17)11-22-23(29)28(24(30)31-22)14-18-8-9-20(25)12-21(18)26/h3-12H,13-14H2,1-2H3/b22-11-. The number of benzene rings is 2. The van der Waals surface area contributed by atoms with E-state index >= 15 is 0 Å². The fraction of sp³-hybridized carbons (Fsp3) is 0.167. The average Bonchev–Trinajstić information content (AvgIpc) is 3.15. The zero-order valence-electron chi connectivity index (χ0n) is 17.1. The fourth-order valence-electron chi connectivity index (χ4n) is 3.58. The second-order valence-electron chi connectivity index (χ2n) is 7.40. The first-order valence-electron chi connectivity index (χ1n) is 9.73. The summed E-state index contributed by atoms with van der Waals surface area (Å²) >= 11 is 13.1. The smallest absolute Gasteiger partial charge is 0.293 e. The number of aromatic nitrogens is 1.